The minimum atomic E-state index is -0.983. The summed E-state index contributed by atoms with van der Waals surface area (Å²) in [6, 6.07) is 0. The van der Waals surface area contributed by atoms with Gasteiger partial charge in [-0.25, -0.2) is 0 Å². The van der Waals surface area contributed by atoms with Gasteiger partial charge in [0.1, 0.15) is 18.0 Å². The summed E-state index contributed by atoms with van der Waals surface area (Å²) in [5.74, 6) is -1.00. The summed E-state index contributed by atoms with van der Waals surface area (Å²) in [6.07, 6.45) is -1.41. The fraction of sp³-hybridized carbons (Fsp3) is 0.950. The van der Waals surface area contributed by atoms with Crippen molar-refractivity contribution >= 4 is 14.8 Å². The van der Waals surface area contributed by atoms with Crippen LogP contribution in [-0.2, 0) is 28.2 Å². The number of rotatable bonds is 7. The van der Waals surface area contributed by atoms with Gasteiger partial charge in [-0.1, -0.05) is 20.8 Å². The van der Waals surface area contributed by atoms with Gasteiger partial charge in [0.25, 0.3) is 0 Å². The summed E-state index contributed by atoms with van der Waals surface area (Å²) in [4.78, 5) is 13.2. The van der Waals surface area contributed by atoms with Gasteiger partial charge in [0.15, 0.2) is 12.1 Å². The Hall–Kier alpha value is -0.313. The van der Waals surface area contributed by atoms with Crippen LogP contribution >= 0.6 is 0 Å². The number of Topliss-reactive ketones (excluding diaryl/α,β-unsaturated/α-hetero) is 1. The Morgan fingerprint density at radius 3 is 2.33 bits per heavy atom. The van der Waals surface area contributed by atoms with Gasteiger partial charge in [-0.3, -0.25) is 4.79 Å². The van der Waals surface area contributed by atoms with Crippen molar-refractivity contribution in [1.82, 2.24) is 0 Å². The minimum Gasteiger partial charge on any atom is -0.413 e. The third kappa shape index (κ3) is 5.61. The summed E-state index contributed by atoms with van der Waals surface area (Å²) in [5.41, 5.74) is -0.185. The number of ketones is 1. The van der Waals surface area contributed by atoms with Crippen molar-refractivity contribution in [3.63, 3.8) is 0 Å². The molecule has 1 saturated heterocycles. The lowest BCUT2D eigenvalue weighted by Crippen LogP contribution is -2.58. The number of fused-ring (bicyclic) bond motifs is 1. The number of carbonyl (C=O) groups is 1. The van der Waals surface area contributed by atoms with E-state index in [1.165, 1.54) is 0 Å². The first-order valence-corrected chi connectivity index (χ1v) is 12.4. The maximum Gasteiger partial charge on any atom is 0.205 e. The van der Waals surface area contributed by atoms with Gasteiger partial charge in [0.05, 0.1) is 18.1 Å². The van der Waals surface area contributed by atoms with Gasteiger partial charge < -0.3 is 23.4 Å². The average Bonchev–Trinajstić information content (AvgIpc) is 2.80. The molecule has 0 aromatic heterocycles. The van der Waals surface area contributed by atoms with E-state index in [4.69, 9.17) is 23.4 Å². The van der Waals surface area contributed by atoms with Crippen LogP contribution in [0, 0.1) is 11.3 Å². The van der Waals surface area contributed by atoms with Crippen LogP contribution in [0.5, 0.6) is 0 Å². The quantitative estimate of drug-likeness (QED) is 0.480. The molecule has 1 radical (unpaired) electrons. The van der Waals surface area contributed by atoms with Crippen LogP contribution in [0.2, 0.25) is 13.1 Å². The highest BCUT2D eigenvalue weighted by Crippen LogP contribution is 2.44. The molecular formula is C20H37O6Si. The summed E-state index contributed by atoms with van der Waals surface area (Å²) in [6.45, 7) is 18.6. The molecule has 6 atom stereocenters. The fourth-order valence-corrected chi connectivity index (χ4v) is 5.05. The maximum atomic E-state index is 13.2. The standard InChI is InChI=1S/C20H37O6Si/c1-10-22-12(2)23-14-11-13(21)15(17-16(14)24-20(6,7)25-17)18(19(3,4)5)26-27(8)9/h12,14-18H,10-11H2,1-9H3. The molecule has 0 amide bonds. The molecule has 0 spiro atoms. The second-order valence-electron chi connectivity index (χ2n) is 9.27. The first-order chi connectivity index (χ1) is 12.4. The second-order valence-corrected chi connectivity index (χ2v) is 11.3. The van der Waals surface area contributed by atoms with Crippen LogP contribution in [0.3, 0.4) is 0 Å². The van der Waals surface area contributed by atoms with Crippen molar-refractivity contribution in [2.75, 3.05) is 6.61 Å². The molecule has 7 heteroatoms. The van der Waals surface area contributed by atoms with E-state index in [-0.39, 0.29) is 48.0 Å². The molecule has 27 heavy (non-hydrogen) atoms. The molecule has 1 heterocycles. The van der Waals surface area contributed by atoms with E-state index in [0.29, 0.717) is 6.61 Å². The average molecular weight is 402 g/mol. The Balaban J connectivity index is 2.31. The van der Waals surface area contributed by atoms with Crippen LogP contribution < -0.4 is 0 Å². The number of hydrogen-bond acceptors (Lipinski definition) is 6. The molecule has 0 N–H and O–H groups in total. The lowest BCUT2D eigenvalue weighted by molar-refractivity contribution is -0.205. The predicted octanol–water partition coefficient (Wildman–Crippen LogP) is 3.55. The van der Waals surface area contributed by atoms with Gasteiger partial charge in [-0.2, -0.15) is 0 Å². The van der Waals surface area contributed by atoms with Crippen LogP contribution in [-0.4, -0.2) is 57.9 Å². The number of carbonyl (C=O) groups excluding carboxylic acids is 1. The van der Waals surface area contributed by atoms with Crippen molar-refractivity contribution < 1.29 is 28.2 Å². The topological polar surface area (TPSA) is 63.2 Å². The van der Waals surface area contributed by atoms with Crippen molar-refractivity contribution in [3.05, 3.63) is 0 Å². The highest BCUT2D eigenvalue weighted by Gasteiger charge is 2.58. The lowest BCUT2D eigenvalue weighted by Gasteiger charge is -2.44. The van der Waals surface area contributed by atoms with E-state index < -0.39 is 21.1 Å². The van der Waals surface area contributed by atoms with Gasteiger partial charge in [-0.15, -0.1) is 0 Å². The molecule has 0 aromatic rings. The number of hydrogen-bond donors (Lipinski definition) is 0. The van der Waals surface area contributed by atoms with Crippen molar-refractivity contribution in [1.29, 1.82) is 0 Å². The SMILES string of the molecule is CCOC(C)OC1CC(=O)C(C(O[Si](C)C)C(C)(C)C)C2OC(C)(C)OC12. The monoisotopic (exact) mass is 401 g/mol. The Kier molecular flexibility index (Phi) is 7.31. The molecule has 1 aliphatic heterocycles. The second kappa shape index (κ2) is 8.59. The van der Waals surface area contributed by atoms with Crippen LogP contribution in [0.4, 0.5) is 0 Å². The van der Waals surface area contributed by atoms with E-state index in [1.807, 2.05) is 27.7 Å². The summed E-state index contributed by atoms with van der Waals surface area (Å²) in [5, 5.41) is 0. The fourth-order valence-electron chi connectivity index (χ4n) is 4.05. The molecule has 1 saturated carbocycles. The zero-order valence-corrected chi connectivity index (χ0v) is 19.3. The third-order valence-corrected chi connectivity index (χ3v) is 5.69. The molecule has 0 aromatic carbocycles. The Bertz CT molecular complexity index is 515. The summed E-state index contributed by atoms with van der Waals surface area (Å²) >= 11 is 0. The minimum absolute atomic E-state index is 0.120. The molecule has 1 aliphatic carbocycles. The molecule has 157 valence electrons. The van der Waals surface area contributed by atoms with Crippen molar-refractivity contribution in [3.8, 4) is 0 Å². The van der Waals surface area contributed by atoms with E-state index in [9.17, 15) is 4.79 Å². The molecule has 0 bridgehead atoms. The Morgan fingerprint density at radius 1 is 1.22 bits per heavy atom. The highest BCUT2D eigenvalue weighted by molar-refractivity contribution is 6.48. The highest BCUT2D eigenvalue weighted by atomic mass is 28.3. The van der Waals surface area contributed by atoms with E-state index in [0.717, 1.165) is 0 Å². The van der Waals surface area contributed by atoms with Gasteiger partial charge in [-0.05, 0) is 46.2 Å². The third-order valence-electron chi connectivity index (χ3n) is 4.97. The molecule has 2 aliphatic rings. The van der Waals surface area contributed by atoms with Crippen LogP contribution in [0.15, 0.2) is 0 Å². The lowest BCUT2D eigenvalue weighted by atomic mass is 9.71. The van der Waals surface area contributed by atoms with Gasteiger partial charge in [0, 0.05) is 13.0 Å². The largest absolute Gasteiger partial charge is 0.413 e. The van der Waals surface area contributed by atoms with E-state index >= 15 is 0 Å². The Labute approximate surface area is 165 Å². The number of ether oxygens (including phenoxy) is 4. The smallest absolute Gasteiger partial charge is 0.205 e. The molecule has 2 rings (SSSR count). The van der Waals surface area contributed by atoms with Crippen molar-refractivity contribution in [2.45, 2.75) is 104 Å². The van der Waals surface area contributed by atoms with Gasteiger partial charge in [0.2, 0.25) is 9.04 Å². The predicted molar refractivity (Wildman–Crippen MR) is 105 cm³/mol. The zero-order valence-electron chi connectivity index (χ0n) is 18.3. The maximum absolute atomic E-state index is 13.2. The van der Waals surface area contributed by atoms with Gasteiger partial charge >= 0.3 is 0 Å². The van der Waals surface area contributed by atoms with Crippen LogP contribution in [0.25, 0.3) is 0 Å². The molecular weight excluding hydrogens is 364 g/mol. The normalized spacial score (nSPS) is 33.2. The Morgan fingerprint density at radius 2 is 1.81 bits per heavy atom. The van der Waals surface area contributed by atoms with Crippen molar-refractivity contribution in [2.24, 2.45) is 11.3 Å². The molecule has 6 nitrogen and oxygen atoms in total. The zero-order chi connectivity index (χ0) is 20.6. The first-order valence-electron chi connectivity index (χ1n) is 9.98. The summed E-state index contributed by atoms with van der Waals surface area (Å²) in [7, 11) is -0.983. The molecule has 2 fully saturated rings. The molecule has 6 unspecified atom stereocenters. The summed E-state index contributed by atoms with van der Waals surface area (Å²) < 4.78 is 30.3. The van der Waals surface area contributed by atoms with Crippen LogP contribution in [0.1, 0.15) is 54.9 Å². The van der Waals surface area contributed by atoms with E-state index in [2.05, 4.69) is 33.9 Å². The van der Waals surface area contributed by atoms with E-state index in [1.54, 1.807) is 0 Å². The first kappa shape index (κ1) is 23.0.